The van der Waals surface area contributed by atoms with Gasteiger partial charge in [0.05, 0.1) is 0 Å². The summed E-state index contributed by atoms with van der Waals surface area (Å²) in [7, 11) is 0. The molecule has 0 aromatic carbocycles. The van der Waals surface area contributed by atoms with Crippen molar-refractivity contribution in [2.24, 2.45) is 0 Å². The summed E-state index contributed by atoms with van der Waals surface area (Å²) < 4.78 is 25.5. The van der Waals surface area contributed by atoms with Crippen LogP contribution < -0.4 is 0 Å². The Bertz CT molecular complexity index is 59.2. The van der Waals surface area contributed by atoms with Gasteiger partial charge in [0.15, 0.2) is 6.61 Å². The third-order valence-corrected chi connectivity index (χ3v) is 0.290. The van der Waals surface area contributed by atoms with Gasteiger partial charge in [0.2, 0.25) is 0 Å². The molecule has 5 heteroatoms. The molecular weight excluding hydrogens is 145 g/mol. The number of halogens is 2. The van der Waals surface area contributed by atoms with Crippen LogP contribution in [0.4, 0.5) is 8.78 Å². The van der Waals surface area contributed by atoms with Gasteiger partial charge < -0.3 is 4.74 Å². The maximum absolute atomic E-state index is 10.9. The Morgan fingerprint density at radius 2 is 2.12 bits per heavy atom. The van der Waals surface area contributed by atoms with Crippen LogP contribution >= 0.6 is 0 Å². The summed E-state index contributed by atoms with van der Waals surface area (Å²) in [5.74, 6) is 0. The summed E-state index contributed by atoms with van der Waals surface area (Å²) in [5, 5.41) is 0. The van der Waals surface area contributed by atoms with Gasteiger partial charge in [-0.2, -0.15) is 0 Å². The zero-order valence-electron chi connectivity index (χ0n) is 3.43. The van der Waals surface area contributed by atoms with Crippen molar-refractivity contribution in [1.82, 2.24) is 0 Å². The standard InChI is InChI=1S/C3H4F2O2.K.H/c4-3(5)1-7-2-6;;/h2-3H,1H2;;. The molecule has 44 valence electrons. The number of hydrogen-bond acceptors (Lipinski definition) is 2. The fourth-order valence-corrected chi connectivity index (χ4v) is 0.112. The van der Waals surface area contributed by atoms with Crippen molar-refractivity contribution < 1.29 is 18.3 Å². The Labute approximate surface area is 88.0 Å². The van der Waals surface area contributed by atoms with Crippen LogP contribution in [0.3, 0.4) is 0 Å². The Kier molecular flexibility index (Phi) is 11.7. The quantitative estimate of drug-likeness (QED) is 0.410. The molecule has 0 saturated carbocycles. The first kappa shape index (κ1) is 11.7. The van der Waals surface area contributed by atoms with Crippen LogP contribution in [0.5, 0.6) is 0 Å². The summed E-state index contributed by atoms with van der Waals surface area (Å²) in [5.41, 5.74) is 0. The van der Waals surface area contributed by atoms with Crippen molar-refractivity contribution in [2.75, 3.05) is 6.61 Å². The zero-order chi connectivity index (χ0) is 5.70. The van der Waals surface area contributed by atoms with Gasteiger partial charge in [0, 0.05) is 0 Å². The summed E-state index contributed by atoms with van der Waals surface area (Å²) in [4.78, 5) is 9.15. The van der Waals surface area contributed by atoms with Crippen molar-refractivity contribution in [3.8, 4) is 0 Å². The second kappa shape index (κ2) is 7.97. The van der Waals surface area contributed by atoms with Crippen LogP contribution in [0, 0.1) is 0 Å². The first-order valence-corrected chi connectivity index (χ1v) is 1.60. The molecule has 0 heterocycles. The molecule has 0 atom stereocenters. The summed E-state index contributed by atoms with van der Waals surface area (Å²) in [6.45, 7) is -0.810. The molecule has 0 spiro atoms. The van der Waals surface area contributed by atoms with E-state index in [4.69, 9.17) is 4.79 Å². The van der Waals surface area contributed by atoms with Gasteiger partial charge in [-0.05, 0) is 0 Å². The van der Waals surface area contributed by atoms with E-state index in [-0.39, 0.29) is 57.9 Å². The Hall–Kier alpha value is 0.966. The maximum atomic E-state index is 10.9. The van der Waals surface area contributed by atoms with Gasteiger partial charge >= 0.3 is 51.4 Å². The topological polar surface area (TPSA) is 26.3 Å². The van der Waals surface area contributed by atoms with Crippen molar-refractivity contribution in [3.05, 3.63) is 0 Å². The van der Waals surface area contributed by atoms with Crippen LogP contribution in [-0.2, 0) is 9.53 Å². The second-order valence-electron chi connectivity index (χ2n) is 0.821. The molecule has 0 N–H and O–H groups in total. The third-order valence-electron chi connectivity index (χ3n) is 0.290. The van der Waals surface area contributed by atoms with E-state index in [0.29, 0.717) is 0 Å². The Morgan fingerprint density at radius 1 is 1.62 bits per heavy atom. The summed E-state index contributed by atoms with van der Waals surface area (Å²) >= 11 is 0. The first-order valence-electron chi connectivity index (χ1n) is 1.60. The van der Waals surface area contributed by atoms with Gasteiger partial charge in [0.1, 0.15) is 0 Å². The van der Waals surface area contributed by atoms with Crippen molar-refractivity contribution in [3.63, 3.8) is 0 Å². The van der Waals surface area contributed by atoms with Crippen LogP contribution in [0.1, 0.15) is 0 Å². The van der Waals surface area contributed by atoms with Gasteiger partial charge in [-0.25, -0.2) is 8.78 Å². The van der Waals surface area contributed by atoms with Crippen LogP contribution in [0.25, 0.3) is 0 Å². The minimum atomic E-state index is -2.55. The number of ether oxygens (including phenoxy) is 1. The van der Waals surface area contributed by atoms with Gasteiger partial charge in [0.25, 0.3) is 12.9 Å². The average Bonchev–Trinajstić information content (AvgIpc) is 1.61. The molecule has 0 aliphatic rings. The molecule has 0 saturated heterocycles. The summed E-state index contributed by atoms with van der Waals surface area (Å²) in [6.07, 6.45) is -2.55. The minimum absolute atomic E-state index is 0. The molecule has 0 unspecified atom stereocenters. The van der Waals surface area contributed by atoms with E-state index in [1.54, 1.807) is 0 Å². The fourth-order valence-electron chi connectivity index (χ4n) is 0.112. The Morgan fingerprint density at radius 3 is 2.25 bits per heavy atom. The third kappa shape index (κ3) is 10.1. The van der Waals surface area contributed by atoms with E-state index >= 15 is 0 Å². The molecule has 0 aromatic rings. The van der Waals surface area contributed by atoms with E-state index in [0.717, 1.165) is 0 Å². The molecule has 0 fully saturated rings. The summed E-state index contributed by atoms with van der Waals surface area (Å²) in [6, 6.07) is 0. The van der Waals surface area contributed by atoms with E-state index in [9.17, 15) is 8.78 Å². The number of carbonyl (C=O) groups excluding carboxylic acids is 1. The normalized spacial score (nSPS) is 7.88. The molecular formula is C3H5F2KO2. The Balaban J connectivity index is 0. The average molecular weight is 150 g/mol. The number of hydrogen-bond donors (Lipinski definition) is 0. The molecule has 0 rings (SSSR count). The van der Waals surface area contributed by atoms with Crippen molar-refractivity contribution in [1.29, 1.82) is 0 Å². The van der Waals surface area contributed by atoms with Gasteiger partial charge in [-0.15, -0.1) is 0 Å². The van der Waals surface area contributed by atoms with Crippen LogP contribution in [0.15, 0.2) is 0 Å². The molecule has 0 aliphatic carbocycles. The SMILES string of the molecule is O=COCC(F)F.[KH]. The molecule has 0 radical (unpaired) electrons. The van der Waals surface area contributed by atoms with Gasteiger partial charge in [-0.3, -0.25) is 4.79 Å². The fraction of sp³-hybridized carbons (Fsp3) is 0.667. The van der Waals surface area contributed by atoms with E-state index in [1.807, 2.05) is 0 Å². The van der Waals surface area contributed by atoms with Crippen molar-refractivity contribution >= 4 is 57.9 Å². The van der Waals surface area contributed by atoms with Crippen molar-refractivity contribution in [2.45, 2.75) is 6.43 Å². The molecule has 0 aliphatic heterocycles. The number of alkyl halides is 2. The zero-order valence-corrected chi connectivity index (χ0v) is 3.43. The van der Waals surface area contributed by atoms with Gasteiger partial charge in [-0.1, -0.05) is 0 Å². The monoisotopic (exact) mass is 150 g/mol. The number of carbonyl (C=O) groups is 1. The first-order chi connectivity index (χ1) is 3.27. The second-order valence-corrected chi connectivity index (χ2v) is 0.821. The molecule has 0 aromatic heterocycles. The van der Waals surface area contributed by atoms with E-state index < -0.39 is 13.0 Å². The predicted octanol–water partition coefficient (Wildman–Crippen LogP) is -0.224. The van der Waals surface area contributed by atoms with E-state index in [1.165, 1.54) is 0 Å². The number of rotatable bonds is 3. The molecule has 8 heavy (non-hydrogen) atoms. The predicted molar refractivity (Wildman–Crippen MR) is 25.2 cm³/mol. The molecule has 0 amide bonds. The molecule has 2 nitrogen and oxygen atoms in total. The van der Waals surface area contributed by atoms with Crippen LogP contribution in [0.2, 0.25) is 0 Å². The molecule has 0 bridgehead atoms. The van der Waals surface area contributed by atoms with Crippen LogP contribution in [-0.4, -0.2) is 70.9 Å². The van der Waals surface area contributed by atoms with E-state index in [2.05, 4.69) is 4.74 Å².